The molecule has 3 rings (SSSR count). The topological polar surface area (TPSA) is 44.8 Å². The van der Waals surface area contributed by atoms with Crippen LogP contribution in [0.4, 0.5) is 20.2 Å². The van der Waals surface area contributed by atoms with Crippen LogP contribution in [-0.2, 0) is 0 Å². The van der Waals surface area contributed by atoms with Gasteiger partial charge in [-0.15, -0.1) is 0 Å². The summed E-state index contributed by atoms with van der Waals surface area (Å²) in [6.07, 6.45) is -2.35. The number of methoxy groups -OCH3 is 1. The first kappa shape index (κ1) is 19.1. The van der Waals surface area contributed by atoms with Crippen molar-refractivity contribution in [1.82, 2.24) is 9.80 Å². The second kappa shape index (κ2) is 8.81. The van der Waals surface area contributed by atoms with Gasteiger partial charge in [-0.1, -0.05) is 12.1 Å². The first-order valence-corrected chi connectivity index (χ1v) is 8.86. The highest BCUT2D eigenvalue weighted by Gasteiger charge is 2.25. The number of rotatable bonds is 6. The summed E-state index contributed by atoms with van der Waals surface area (Å²) < 4.78 is 30.2. The van der Waals surface area contributed by atoms with E-state index in [0.717, 1.165) is 11.4 Å². The van der Waals surface area contributed by atoms with Crippen molar-refractivity contribution in [1.29, 1.82) is 0 Å². The molecule has 0 aromatic heterocycles. The predicted molar refractivity (Wildman–Crippen MR) is 101 cm³/mol. The lowest BCUT2D eigenvalue weighted by molar-refractivity contribution is 0.0459. The van der Waals surface area contributed by atoms with Gasteiger partial charge in [0.1, 0.15) is 5.75 Å². The Hall–Kier alpha value is -2.67. The summed E-state index contributed by atoms with van der Waals surface area (Å²) in [7, 11) is 1.61. The summed E-state index contributed by atoms with van der Waals surface area (Å²) in [4.78, 5) is 16.3. The molecule has 0 radical (unpaired) electrons. The number of anilines is 2. The molecule has 2 aromatic carbocycles. The molecular formula is C20H23F2N3O2. The normalized spacial score (nSPS) is 15.0. The van der Waals surface area contributed by atoms with Crippen molar-refractivity contribution >= 4 is 17.3 Å². The number of piperazine rings is 1. The van der Waals surface area contributed by atoms with Crippen LogP contribution in [0.5, 0.6) is 5.75 Å². The minimum Gasteiger partial charge on any atom is -0.497 e. The van der Waals surface area contributed by atoms with Crippen LogP contribution in [0.2, 0.25) is 0 Å². The molecule has 1 aliphatic heterocycles. The first-order valence-electron chi connectivity index (χ1n) is 8.86. The Kier molecular flexibility index (Phi) is 6.24. The molecule has 0 atom stereocenters. The second-order valence-electron chi connectivity index (χ2n) is 6.38. The van der Waals surface area contributed by atoms with E-state index in [1.54, 1.807) is 23.0 Å². The van der Waals surface area contributed by atoms with Gasteiger partial charge in [-0.3, -0.25) is 9.69 Å². The Morgan fingerprint density at radius 2 is 1.74 bits per heavy atom. The summed E-state index contributed by atoms with van der Waals surface area (Å²) in [5.41, 5.74) is 2.12. The maximum Gasteiger partial charge on any atom is 0.256 e. The first-order chi connectivity index (χ1) is 13.1. The van der Waals surface area contributed by atoms with Gasteiger partial charge in [0.05, 0.1) is 24.9 Å². The van der Waals surface area contributed by atoms with E-state index < -0.39 is 6.43 Å². The van der Waals surface area contributed by atoms with E-state index in [1.165, 1.54) is 0 Å². The Morgan fingerprint density at radius 3 is 2.37 bits per heavy atom. The average Bonchev–Trinajstić information content (AvgIpc) is 2.69. The average molecular weight is 375 g/mol. The Labute approximate surface area is 157 Å². The molecule has 2 aromatic rings. The number of hydrogen-bond donors (Lipinski definition) is 1. The van der Waals surface area contributed by atoms with E-state index in [1.807, 2.05) is 42.5 Å². The zero-order chi connectivity index (χ0) is 19.2. The van der Waals surface area contributed by atoms with Crippen LogP contribution >= 0.6 is 0 Å². The third-order valence-electron chi connectivity index (χ3n) is 4.58. The van der Waals surface area contributed by atoms with E-state index in [2.05, 4.69) is 5.32 Å². The molecule has 0 spiro atoms. The lowest BCUT2D eigenvalue weighted by atomic mass is 10.1. The number of para-hydroxylation sites is 1. The number of amides is 1. The number of nitrogens with one attached hydrogen (secondary N) is 1. The summed E-state index contributed by atoms with van der Waals surface area (Å²) >= 11 is 0. The highest BCUT2D eigenvalue weighted by Crippen LogP contribution is 2.24. The fourth-order valence-electron chi connectivity index (χ4n) is 3.11. The molecule has 27 heavy (non-hydrogen) atoms. The zero-order valence-electron chi connectivity index (χ0n) is 15.2. The van der Waals surface area contributed by atoms with E-state index in [0.29, 0.717) is 37.4 Å². The number of carbonyl (C=O) groups is 1. The molecule has 5 nitrogen and oxygen atoms in total. The van der Waals surface area contributed by atoms with Crippen LogP contribution in [0.1, 0.15) is 10.4 Å². The number of nitrogens with zero attached hydrogens (tertiary/aromatic N) is 2. The molecule has 1 N–H and O–H groups in total. The number of ether oxygens (including phenoxy) is 1. The molecule has 1 heterocycles. The fraction of sp³-hybridized carbons (Fsp3) is 0.350. The van der Waals surface area contributed by atoms with Gasteiger partial charge in [-0.25, -0.2) is 8.78 Å². The van der Waals surface area contributed by atoms with Gasteiger partial charge in [-0.05, 0) is 36.4 Å². The number of benzene rings is 2. The van der Waals surface area contributed by atoms with Gasteiger partial charge in [0.2, 0.25) is 0 Å². The van der Waals surface area contributed by atoms with Crippen LogP contribution in [-0.4, -0.2) is 62.0 Å². The molecular weight excluding hydrogens is 352 g/mol. The summed E-state index contributed by atoms with van der Waals surface area (Å²) in [5.74, 6) is 0.662. The lowest BCUT2D eigenvalue weighted by Gasteiger charge is -2.34. The molecule has 144 valence electrons. The third-order valence-corrected chi connectivity index (χ3v) is 4.58. The van der Waals surface area contributed by atoms with E-state index in [-0.39, 0.29) is 12.5 Å². The lowest BCUT2D eigenvalue weighted by Crippen LogP contribution is -2.49. The Bertz CT molecular complexity index is 760. The van der Waals surface area contributed by atoms with Crippen LogP contribution in [0.25, 0.3) is 0 Å². The van der Waals surface area contributed by atoms with Gasteiger partial charge < -0.3 is 15.0 Å². The summed E-state index contributed by atoms with van der Waals surface area (Å²) in [6.45, 7) is 1.58. The van der Waals surface area contributed by atoms with Gasteiger partial charge >= 0.3 is 0 Å². The fourth-order valence-corrected chi connectivity index (χ4v) is 3.11. The smallest absolute Gasteiger partial charge is 0.256 e. The molecule has 0 saturated carbocycles. The van der Waals surface area contributed by atoms with Crippen molar-refractivity contribution in [3.8, 4) is 5.75 Å². The monoisotopic (exact) mass is 375 g/mol. The van der Waals surface area contributed by atoms with E-state index >= 15 is 0 Å². The van der Waals surface area contributed by atoms with Gasteiger partial charge in [-0.2, -0.15) is 0 Å². The number of halogens is 2. The maximum absolute atomic E-state index is 12.9. The number of hydrogen-bond acceptors (Lipinski definition) is 4. The van der Waals surface area contributed by atoms with Crippen molar-refractivity contribution in [2.75, 3.05) is 45.2 Å². The molecule has 7 heteroatoms. The quantitative estimate of drug-likeness (QED) is 0.840. The van der Waals surface area contributed by atoms with Crippen LogP contribution in [0.15, 0.2) is 48.5 Å². The molecule has 0 aliphatic carbocycles. The van der Waals surface area contributed by atoms with Crippen molar-refractivity contribution in [3.05, 3.63) is 54.1 Å². The van der Waals surface area contributed by atoms with Crippen LogP contribution in [0, 0.1) is 0 Å². The van der Waals surface area contributed by atoms with Crippen molar-refractivity contribution in [2.24, 2.45) is 0 Å². The van der Waals surface area contributed by atoms with Crippen LogP contribution in [0.3, 0.4) is 0 Å². The second-order valence-corrected chi connectivity index (χ2v) is 6.38. The molecule has 0 unspecified atom stereocenters. The summed E-state index contributed by atoms with van der Waals surface area (Å²) in [6, 6.07) is 14.8. The Morgan fingerprint density at radius 1 is 1.07 bits per heavy atom. The van der Waals surface area contributed by atoms with Crippen molar-refractivity contribution in [3.63, 3.8) is 0 Å². The summed E-state index contributed by atoms with van der Waals surface area (Å²) in [5, 5.41) is 3.27. The molecule has 1 aliphatic rings. The van der Waals surface area contributed by atoms with Gasteiger partial charge in [0.15, 0.2) is 0 Å². The maximum atomic E-state index is 12.9. The minimum atomic E-state index is -2.35. The highest BCUT2D eigenvalue weighted by atomic mass is 19.3. The SMILES string of the molecule is COc1ccc(Nc2ccccc2C(=O)N2CCN(CC(F)F)CC2)cc1. The van der Waals surface area contributed by atoms with Crippen molar-refractivity contribution in [2.45, 2.75) is 6.43 Å². The molecule has 0 bridgehead atoms. The highest BCUT2D eigenvalue weighted by molar-refractivity contribution is 6.00. The van der Waals surface area contributed by atoms with E-state index in [4.69, 9.17) is 4.74 Å². The number of carbonyl (C=O) groups excluding carboxylic acids is 1. The van der Waals surface area contributed by atoms with Gasteiger partial charge in [0, 0.05) is 31.9 Å². The van der Waals surface area contributed by atoms with Crippen molar-refractivity contribution < 1.29 is 18.3 Å². The standard InChI is InChI=1S/C20H23F2N3O2/c1-27-16-8-6-15(7-9-16)23-18-5-3-2-4-17(18)20(26)25-12-10-24(11-13-25)14-19(21)22/h2-9,19,23H,10-14H2,1H3. The molecule has 1 saturated heterocycles. The predicted octanol–water partition coefficient (Wildman–Crippen LogP) is 3.46. The largest absolute Gasteiger partial charge is 0.497 e. The molecule has 1 fully saturated rings. The molecule has 1 amide bonds. The minimum absolute atomic E-state index is 0.0942. The van der Waals surface area contributed by atoms with Gasteiger partial charge in [0.25, 0.3) is 12.3 Å². The zero-order valence-corrected chi connectivity index (χ0v) is 15.2. The van der Waals surface area contributed by atoms with E-state index in [9.17, 15) is 13.6 Å². The number of alkyl halides is 2. The Balaban J connectivity index is 1.68. The third kappa shape index (κ3) is 4.95. The van der Waals surface area contributed by atoms with Crippen LogP contribution < -0.4 is 10.1 Å².